The van der Waals surface area contributed by atoms with Crippen molar-refractivity contribution in [1.29, 1.82) is 0 Å². The molecule has 1 aromatic carbocycles. The molecule has 0 aliphatic heterocycles. The SMILES string of the molecule is O=C(COc1ccc(Br)cc1)NCCCNC(=O)c1cccs1. The monoisotopic (exact) mass is 396 g/mol. The summed E-state index contributed by atoms with van der Waals surface area (Å²) in [4.78, 5) is 24.0. The van der Waals surface area contributed by atoms with E-state index in [-0.39, 0.29) is 18.4 Å². The van der Waals surface area contributed by atoms with Crippen LogP contribution in [0.25, 0.3) is 0 Å². The standard InChI is InChI=1S/C16H17BrN2O3S/c17-12-4-6-13(7-5-12)22-11-15(20)18-8-2-9-19-16(21)14-3-1-10-23-14/h1,3-7,10H,2,8-9,11H2,(H,18,20)(H,19,21). The van der Waals surface area contributed by atoms with Gasteiger partial charge >= 0.3 is 0 Å². The Kier molecular flexibility index (Phi) is 7.09. The van der Waals surface area contributed by atoms with Gasteiger partial charge in [0.05, 0.1) is 4.88 Å². The van der Waals surface area contributed by atoms with Crippen LogP contribution < -0.4 is 15.4 Å². The Morgan fingerprint density at radius 2 is 1.83 bits per heavy atom. The fourth-order valence-electron chi connectivity index (χ4n) is 1.74. The van der Waals surface area contributed by atoms with Crippen molar-refractivity contribution in [1.82, 2.24) is 10.6 Å². The van der Waals surface area contributed by atoms with E-state index in [9.17, 15) is 9.59 Å². The molecule has 2 N–H and O–H groups in total. The van der Waals surface area contributed by atoms with Crippen LogP contribution in [0.1, 0.15) is 16.1 Å². The van der Waals surface area contributed by atoms with Crippen LogP contribution in [0.2, 0.25) is 0 Å². The van der Waals surface area contributed by atoms with E-state index in [1.807, 2.05) is 23.6 Å². The summed E-state index contributed by atoms with van der Waals surface area (Å²) in [6.45, 7) is 0.987. The third kappa shape index (κ3) is 6.42. The molecule has 1 aromatic heterocycles. The van der Waals surface area contributed by atoms with E-state index in [1.54, 1.807) is 18.2 Å². The van der Waals surface area contributed by atoms with Gasteiger partial charge in [-0.1, -0.05) is 22.0 Å². The predicted octanol–water partition coefficient (Wildman–Crippen LogP) is 2.83. The highest BCUT2D eigenvalue weighted by molar-refractivity contribution is 9.10. The molecule has 0 atom stereocenters. The molecule has 0 radical (unpaired) electrons. The lowest BCUT2D eigenvalue weighted by Crippen LogP contribution is -2.32. The molecule has 0 saturated carbocycles. The van der Waals surface area contributed by atoms with Crippen LogP contribution >= 0.6 is 27.3 Å². The second kappa shape index (κ2) is 9.32. The zero-order valence-electron chi connectivity index (χ0n) is 12.4. The Hall–Kier alpha value is -1.86. The Labute approximate surface area is 147 Å². The van der Waals surface area contributed by atoms with Crippen LogP contribution in [0.3, 0.4) is 0 Å². The van der Waals surface area contributed by atoms with Crippen LogP contribution in [-0.4, -0.2) is 31.5 Å². The summed E-state index contributed by atoms with van der Waals surface area (Å²) in [7, 11) is 0. The van der Waals surface area contributed by atoms with Gasteiger partial charge in [-0.05, 0) is 42.1 Å². The van der Waals surface area contributed by atoms with Crippen molar-refractivity contribution in [2.24, 2.45) is 0 Å². The number of amides is 2. The first-order valence-electron chi connectivity index (χ1n) is 7.12. The highest BCUT2D eigenvalue weighted by atomic mass is 79.9. The van der Waals surface area contributed by atoms with E-state index in [0.717, 1.165) is 4.47 Å². The van der Waals surface area contributed by atoms with Crippen LogP contribution in [0, 0.1) is 0 Å². The Morgan fingerprint density at radius 3 is 2.52 bits per heavy atom. The smallest absolute Gasteiger partial charge is 0.261 e. The number of hydrogen-bond acceptors (Lipinski definition) is 4. The summed E-state index contributed by atoms with van der Waals surface area (Å²) in [5, 5.41) is 7.42. The van der Waals surface area contributed by atoms with Gasteiger partial charge in [-0.3, -0.25) is 9.59 Å². The quantitative estimate of drug-likeness (QED) is 0.674. The lowest BCUT2D eigenvalue weighted by atomic mass is 10.3. The lowest BCUT2D eigenvalue weighted by molar-refractivity contribution is -0.123. The molecule has 0 bridgehead atoms. The zero-order chi connectivity index (χ0) is 16.5. The van der Waals surface area contributed by atoms with Gasteiger partial charge in [0.1, 0.15) is 5.75 Å². The first-order chi connectivity index (χ1) is 11.1. The number of carbonyl (C=O) groups excluding carboxylic acids is 2. The van der Waals surface area contributed by atoms with Crippen molar-refractivity contribution in [2.45, 2.75) is 6.42 Å². The molecule has 0 aliphatic carbocycles. The summed E-state index contributed by atoms with van der Waals surface area (Å²) in [5.41, 5.74) is 0. The summed E-state index contributed by atoms with van der Waals surface area (Å²) in [6.07, 6.45) is 0.668. The number of nitrogens with one attached hydrogen (secondary N) is 2. The second-order valence-corrected chi connectivity index (χ2v) is 6.54. The van der Waals surface area contributed by atoms with Crippen LogP contribution in [0.5, 0.6) is 5.75 Å². The van der Waals surface area contributed by atoms with Gasteiger partial charge in [-0.2, -0.15) is 0 Å². The predicted molar refractivity (Wildman–Crippen MR) is 93.9 cm³/mol. The van der Waals surface area contributed by atoms with E-state index < -0.39 is 0 Å². The Bertz CT molecular complexity index is 629. The molecule has 7 heteroatoms. The van der Waals surface area contributed by atoms with Crippen LogP contribution in [0.15, 0.2) is 46.3 Å². The fourth-order valence-corrected chi connectivity index (χ4v) is 2.65. The molecule has 0 fully saturated rings. The molecule has 5 nitrogen and oxygen atoms in total. The topological polar surface area (TPSA) is 67.4 Å². The Balaban J connectivity index is 1.54. The average Bonchev–Trinajstić information content (AvgIpc) is 3.08. The molecule has 0 aliphatic rings. The molecule has 0 saturated heterocycles. The van der Waals surface area contributed by atoms with E-state index >= 15 is 0 Å². The maximum absolute atomic E-state index is 11.7. The van der Waals surface area contributed by atoms with Gasteiger partial charge in [0.2, 0.25) is 0 Å². The van der Waals surface area contributed by atoms with Crippen molar-refractivity contribution >= 4 is 39.1 Å². The zero-order valence-corrected chi connectivity index (χ0v) is 14.8. The lowest BCUT2D eigenvalue weighted by Gasteiger charge is -2.08. The molecule has 0 unspecified atom stereocenters. The first-order valence-corrected chi connectivity index (χ1v) is 8.79. The number of hydrogen-bond donors (Lipinski definition) is 2. The normalized spacial score (nSPS) is 10.1. The van der Waals surface area contributed by atoms with E-state index in [4.69, 9.17) is 4.74 Å². The molecule has 2 amide bonds. The van der Waals surface area contributed by atoms with Crippen molar-refractivity contribution < 1.29 is 14.3 Å². The minimum Gasteiger partial charge on any atom is -0.484 e. The molecule has 2 aromatic rings. The van der Waals surface area contributed by atoms with Gasteiger partial charge in [0.15, 0.2) is 6.61 Å². The molecule has 2 rings (SSSR count). The molecular weight excluding hydrogens is 380 g/mol. The first kappa shape index (κ1) is 17.5. The van der Waals surface area contributed by atoms with Crippen LogP contribution in [0.4, 0.5) is 0 Å². The van der Waals surface area contributed by atoms with E-state index in [0.29, 0.717) is 30.1 Å². The van der Waals surface area contributed by atoms with Crippen LogP contribution in [-0.2, 0) is 4.79 Å². The largest absolute Gasteiger partial charge is 0.484 e. The molecule has 1 heterocycles. The maximum atomic E-state index is 11.7. The van der Waals surface area contributed by atoms with Crippen molar-refractivity contribution in [3.05, 3.63) is 51.1 Å². The van der Waals surface area contributed by atoms with E-state index in [2.05, 4.69) is 26.6 Å². The summed E-state index contributed by atoms with van der Waals surface area (Å²) >= 11 is 4.74. The number of thiophene rings is 1. The average molecular weight is 397 g/mol. The summed E-state index contributed by atoms with van der Waals surface area (Å²) in [5.74, 6) is 0.383. The minimum atomic E-state index is -0.183. The highest BCUT2D eigenvalue weighted by Crippen LogP contribution is 2.15. The van der Waals surface area contributed by atoms with Gasteiger partial charge in [0, 0.05) is 17.6 Å². The molecular formula is C16H17BrN2O3S. The summed E-state index contributed by atoms with van der Waals surface area (Å²) < 4.78 is 6.32. The number of rotatable bonds is 8. The van der Waals surface area contributed by atoms with Gasteiger partial charge in [-0.15, -0.1) is 11.3 Å². The Morgan fingerprint density at radius 1 is 1.09 bits per heavy atom. The fraction of sp³-hybridized carbons (Fsp3) is 0.250. The van der Waals surface area contributed by atoms with E-state index in [1.165, 1.54) is 11.3 Å². The van der Waals surface area contributed by atoms with Gasteiger partial charge in [0.25, 0.3) is 11.8 Å². The van der Waals surface area contributed by atoms with Gasteiger partial charge in [-0.25, -0.2) is 0 Å². The molecule has 122 valence electrons. The number of carbonyl (C=O) groups is 2. The maximum Gasteiger partial charge on any atom is 0.261 e. The summed E-state index contributed by atoms with van der Waals surface area (Å²) in [6, 6.07) is 10.9. The number of benzene rings is 1. The third-order valence-corrected chi connectivity index (χ3v) is 4.29. The molecule has 23 heavy (non-hydrogen) atoms. The van der Waals surface area contributed by atoms with Crippen molar-refractivity contribution in [2.75, 3.05) is 19.7 Å². The minimum absolute atomic E-state index is 0.0246. The van der Waals surface area contributed by atoms with Crippen molar-refractivity contribution in [3.63, 3.8) is 0 Å². The number of ether oxygens (including phenoxy) is 1. The third-order valence-electron chi connectivity index (χ3n) is 2.89. The van der Waals surface area contributed by atoms with Gasteiger partial charge < -0.3 is 15.4 Å². The van der Waals surface area contributed by atoms with Crippen molar-refractivity contribution in [3.8, 4) is 5.75 Å². The second-order valence-electron chi connectivity index (χ2n) is 4.68. The number of halogens is 1. The highest BCUT2D eigenvalue weighted by Gasteiger charge is 2.05. The molecule has 0 spiro atoms.